The Morgan fingerprint density at radius 3 is 2.65 bits per heavy atom. The summed E-state index contributed by atoms with van der Waals surface area (Å²) in [5.41, 5.74) is 0.971. The summed E-state index contributed by atoms with van der Waals surface area (Å²) < 4.78 is 10.3. The Balaban J connectivity index is 2.58. The zero-order valence-corrected chi connectivity index (χ0v) is 10.1. The highest BCUT2D eigenvalue weighted by atomic mass is 16.5. The second-order valence-corrected chi connectivity index (χ2v) is 3.65. The average Bonchev–Trinajstić information content (AvgIpc) is 2.38. The third-order valence-electron chi connectivity index (χ3n) is 2.40. The number of nitrogens with one attached hydrogen (secondary N) is 1. The first-order valence-corrected chi connectivity index (χ1v) is 5.41. The number of hydrogen-bond acceptors (Lipinski definition) is 5. The molecule has 1 aromatic rings. The third kappa shape index (κ3) is 4.22. The molecular weight excluding hydrogens is 222 g/mol. The van der Waals surface area contributed by atoms with Crippen LogP contribution in [0.3, 0.4) is 0 Å². The lowest BCUT2D eigenvalue weighted by atomic mass is 10.2. The molecule has 0 saturated carbocycles. The molecule has 96 valence electrons. The molecule has 0 fully saturated rings. The van der Waals surface area contributed by atoms with Gasteiger partial charge in [0, 0.05) is 24.7 Å². The van der Waals surface area contributed by atoms with Gasteiger partial charge in [-0.3, -0.25) is 0 Å². The Hall–Kier alpha value is -1.30. The minimum absolute atomic E-state index is 0.243. The fourth-order valence-corrected chi connectivity index (χ4v) is 1.44. The lowest BCUT2D eigenvalue weighted by Gasteiger charge is -2.12. The van der Waals surface area contributed by atoms with Gasteiger partial charge in [0.05, 0.1) is 26.9 Å². The van der Waals surface area contributed by atoms with E-state index in [2.05, 4.69) is 5.32 Å². The van der Waals surface area contributed by atoms with Gasteiger partial charge in [-0.2, -0.15) is 0 Å². The van der Waals surface area contributed by atoms with Crippen LogP contribution < -0.4 is 14.8 Å². The summed E-state index contributed by atoms with van der Waals surface area (Å²) >= 11 is 0. The van der Waals surface area contributed by atoms with Crippen LogP contribution in [-0.4, -0.2) is 43.7 Å². The van der Waals surface area contributed by atoms with Crippen molar-refractivity contribution < 1.29 is 19.7 Å². The number of rotatable bonds is 7. The van der Waals surface area contributed by atoms with Crippen LogP contribution in [-0.2, 0) is 6.54 Å². The average molecular weight is 241 g/mol. The lowest BCUT2D eigenvalue weighted by molar-refractivity contribution is 0.0942. The molecule has 0 spiro atoms. The van der Waals surface area contributed by atoms with Gasteiger partial charge in [-0.25, -0.2) is 0 Å². The molecule has 0 aliphatic rings. The minimum atomic E-state index is -0.737. The van der Waals surface area contributed by atoms with E-state index in [1.165, 1.54) is 0 Å². The molecule has 1 aromatic carbocycles. The van der Waals surface area contributed by atoms with Crippen LogP contribution in [0.25, 0.3) is 0 Å². The Bertz CT molecular complexity index is 343. The summed E-state index contributed by atoms with van der Waals surface area (Å²) in [5.74, 6) is 1.47. The van der Waals surface area contributed by atoms with Crippen LogP contribution in [0, 0.1) is 0 Å². The maximum absolute atomic E-state index is 9.18. The molecule has 5 nitrogen and oxygen atoms in total. The van der Waals surface area contributed by atoms with Crippen LogP contribution in [0.1, 0.15) is 5.56 Å². The van der Waals surface area contributed by atoms with Crippen molar-refractivity contribution in [3.05, 3.63) is 23.8 Å². The largest absolute Gasteiger partial charge is 0.497 e. The molecule has 5 heteroatoms. The van der Waals surface area contributed by atoms with Gasteiger partial charge in [-0.05, 0) is 6.07 Å². The molecular formula is C12H19NO4. The zero-order chi connectivity index (χ0) is 12.7. The van der Waals surface area contributed by atoms with Gasteiger partial charge in [0.1, 0.15) is 11.5 Å². The van der Waals surface area contributed by atoms with Crippen molar-refractivity contribution in [1.29, 1.82) is 0 Å². The van der Waals surface area contributed by atoms with Crippen LogP contribution in [0.4, 0.5) is 0 Å². The summed E-state index contributed by atoms with van der Waals surface area (Å²) in [6.07, 6.45) is -0.737. The normalized spacial score (nSPS) is 12.2. The van der Waals surface area contributed by atoms with E-state index < -0.39 is 6.10 Å². The van der Waals surface area contributed by atoms with Gasteiger partial charge in [-0.15, -0.1) is 0 Å². The molecule has 1 unspecified atom stereocenters. The molecule has 0 bridgehead atoms. The molecule has 1 atom stereocenters. The van der Waals surface area contributed by atoms with Crippen molar-refractivity contribution in [3.63, 3.8) is 0 Å². The van der Waals surface area contributed by atoms with Crippen molar-refractivity contribution in [2.45, 2.75) is 12.6 Å². The van der Waals surface area contributed by atoms with Crippen LogP contribution in [0.5, 0.6) is 11.5 Å². The fourth-order valence-electron chi connectivity index (χ4n) is 1.44. The van der Waals surface area contributed by atoms with Gasteiger partial charge in [-0.1, -0.05) is 6.07 Å². The number of methoxy groups -OCH3 is 2. The predicted octanol–water partition coefficient (Wildman–Crippen LogP) is 0.147. The van der Waals surface area contributed by atoms with E-state index >= 15 is 0 Å². The van der Waals surface area contributed by atoms with Gasteiger partial charge >= 0.3 is 0 Å². The van der Waals surface area contributed by atoms with E-state index in [9.17, 15) is 5.11 Å². The Kier molecular flexibility index (Phi) is 5.76. The highest BCUT2D eigenvalue weighted by molar-refractivity contribution is 5.40. The fraction of sp³-hybridized carbons (Fsp3) is 0.500. The monoisotopic (exact) mass is 241 g/mol. The summed E-state index contributed by atoms with van der Waals surface area (Å²) in [6.45, 7) is 0.655. The summed E-state index contributed by atoms with van der Waals surface area (Å²) in [4.78, 5) is 0. The third-order valence-corrected chi connectivity index (χ3v) is 2.40. The highest BCUT2D eigenvalue weighted by Gasteiger charge is 2.06. The first-order valence-electron chi connectivity index (χ1n) is 5.41. The molecule has 0 aliphatic heterocycles. The maximum atomic E-state index is 9.18. The Labute approximate surface area is 101 Å². The Morgan fingerprint density at radius 1 is 1.29 bits per heavy atom. The van der Waals surface area contributed by atoms with Gasteiger partial charge in [0.2, 0.25) is 0 Å². The first-order chi connectivity index (χ1) is 8.21. The number of hydrogen-bond donors (Lipinski definition) is 3. The van der Waals surface area contributed by atoms with Crippen molar-refractivity contribution in [2.75, 3.05) is 27.4 Å². The molecule has 0 aromatic heterocycles. The molecule has 0 saturated heterocycles. The predicted molar refractivity (Wildman–Crippen MR) is 64.3 cm³/mol. The van der Waals surface area contributed by atoms with E-state index in [4.69, 9.17) is 14.6 Å². The molecule has 0 aliphatic carbocycles. The molecule has 0 amide bonds. The first kappa shape index (κ1) is 13.8. The number of ether oxygens (including phenoxy) is 2. The summed E-state index contributed by atoms with van der Waals surface area (Å²) in [5, 5.41) is 20.9. The second-order valence-electron chi connectivity index (χ2n) is 3.65. The van der Waals surface area contributed by atoms with Crippen molar-refractivity contribution in [3.8, 4) is 11.5 Å². The molecule has 1 rings (SSSR count). The molecule has 0 heterocycles. The topological polar surface area (TPSA) is 71.0 Å². The van der Waals surface area contributed by atoms with Crippen LogP contribution in [0.15, 0.2) is 18.2 Å². The van der Waals surface area contributed by atoms with E-state index in [1.807, 2.05) is 12.1 Å². The van der Waals surface area contributed by atoms with E-state index in [1.54, 1.807) is 20.3 Å². The molecule has 3 N–H and O–H groups in total. The van der Waals surface area contributed by atoms with Gasteiger partial charge in [0.15, 0.2) is 0 Å². The number of benzene rings is 1. The van der Waals surface area contributed by atoms with Crippen LogP contribution >= 0.6 is 0 Å². The smallest absolute Gasteiger partial charge is 0.127 e. The molecule has 0 radical (unpaired) electrons. The van der Waals surface area contributed by atoms with Crippen LogP contribution in [0.2, 0.25) is 0 Å². The minimum Gasteiger partial charge on any atom is -0.497 e. The van der Waals surface area contributed by atoms with Crippen molar-refractivity contribution in [2.24, 2.45) is 0 Å². The summed E-state index contributed by atoms with van der Waals surface area (Å²) in [6, 6.07) is 5.55. The number of aliphatic hydroxyl groups is 2. The standard InChI is InChI=1S/C12H19NO4/c1-16-11-4-3-9(12(5-11)17-2)6-13-7-10(15)8-14/h3-5,10,13-15H,6-8H2,1-2H3. The maximum Gasteiger partial charge on any atom is 0.127 e. The van der Waals surface area contributed by atoms with E-state index in [-0.39, 0.29) is 6.61 Å². The van der Waals surface area contributed by atoms with Crippen molar-refractivity contribution in [1.82, 2.24) is 5.32 Å². The summed E-state index contributed by atoms with van der Waals surface area (Å²) in [7, 11) is 3.20. The second kappa shape index (κ2) is 7.11. The van der Waals surface area contributed by atoms with E-state index in [0.29, 0.717) is 13.1 Å². The number of aliphatic hydroxyl groups excluding tert-OH is 2. The lowest BCUT2D eigenvalue weighted by Crippen LogP contribution is -2.29. The SMILES string of the molecule is COc1ccc(CNCC(O)CO)c(OC)c1. The zero-order valence-electron chi connectivity index (χ0n) is 10.1. The molecule has 17 heavy (non-hydrogen) atoms. The quantitative estimate of drug-likeness (QED) is 0.633. The van der Waals surface area contributed by atoms with Crippen molar-refractivity contribution >= 4 is 0 Å². The van der Waals surface area contributed by atoms with E-state index in [0.717, 1.165) is 17.1 Å². The highest BCUT2D eigenvalue weighted by Crippen LogP contribution is 2.24. The van der Waals surface area contributed by atoms with Gasteiger partial charge < -0.3 is 25.0 Å². The Morgan fingerprint density at radius 2 is 2.06 bits per heavy atom. The van der Waals surface area contributed by atoms with Gasteiger partial charge in [0.25, 0.3) is 0 Å².